The number of rotatable bonds is 2. The number of ether oxygens (including phenoxy) is 1. The lowest BCUT2D eigenvalue weighted by molar-refractivity contribution is 0.407. The van der Waals surface area contributed by atoms with Gasteiger partial charge >= 0.3 is 0 Å². The molecule has 1 aromatic rings. The van der Waals surface area contributed by atoms with Crippen molar-refractivity contribution in [2.75, 3.05) is 13.7 Å². The van der Waals surface area contributed by atoms with Crippen molar-refractivity contribution in [1.29, 1.82) is 0 Å². The Labute approximate surface area is 85.1 Å². The molecule has 0 radical (unpaired) electrons. The Hall–Kier alpha value is -1.02. The second-order valence-electron chi connectivity index (χ2n) is 4.03. The van der Waals surface area contributed by atoms with Gasteiger partial charge in [0, 0.05) is 5.56 Å². The third-order valence-electron chi connectivity index (χ3n) is 3.17. The molecular weight excluding hydrogens is 174 g/mol. The molecule has 2 atom stereocenters. The highest BCUT2D eigenvalue weighted by atomic mass is 16.5. The Morgan fingerprint density at radius 1 is 1.50 bits per heavy atom. The van der Waals surface area contributed by atoms with E-state index >= 15 is 0 Å². The van der Waals surface area contributed by atoms with Crippen LogP contribution in [0.15, 0.2) is 18.2 Å². The summed E-state index contributed by atoms with van der Waals surface area (Å²) in [5, 5.41) is 0. The van der Waals surface area contributed by atoms with Crippen molar-refractivity contribution in [3.63, 3.8) is 0 Å². The summed E-state index contributed by atoms with van der Waals surface area (Å²) in [4.78, 5) is 0. The Morgan fingerprint density at radius 3 is 2.93 bits per heavy atom. The Morgan fingerprint density at radius 2 is 2.29 bits per heavy atom. The van der Waals surface area contributed by atoms with Gasteiger partial charge in [0.15, 0.2) is 0 Å². The summed E-state index contributed by atoms with van der Waals surface area (Å²) in [5.74, 6) is 2.12. The Balaban J connectivity index is 2.49. The third-order valence-corrected chi connectivity index (χ3v) is 3.17. The largest absolute Gasteiger partial charge is 0.496 e. The van der Waals surface area contributed by atoms with E-state index in [1.54, 1.807) is 7.11 Å². The number of methoxy groups -OCH3 is 1. The van der Waals surface area contributed by atoms with Gasteiger partial charge in [-0.25, -0.2) is 0 Å². The van der Waals surface area contributed by atoms with E-state index in [2.05, 4.69) is 19.1 Å². The SMILES string of the molecule is COc1cccc2c1C(C)CC2CN. The fourth-order valence-corrected chi connectivity index (χ4v) is 2.52. The maximum Gasteiger partial charge on any atom is 0.122 e. The summed E-state index contributed by atoms with van der Waals surface area (Å²) in [5.41, 5.74) is 8.52. The summed E-state index contributed by atoms with van der Waals surface area (Å²) < 4.78 is 5.38. The van der Waals surface area contributed by atoms with Crippen LogP contribution >= 0.6 is 0 Å². The van der Waals surface area contributed by atoms with Crippen LogP contribution in [-0.4, -0.2) is 13.7 Å². The van der Waals surface area contributed by atoms with Crippen molar-refractivity contribution < 1.29 is 4.74 Å². The minimum atomic E-state index is 0.523. The molecule has 0 aromatic heterocycles. The number of hydrogen-bond acceptors (Lipinski definition) is 2. The summed E-state index contributed by atoms with van der Waals surface area (Å²) in [6, 6.07) is 6.27. The van der Waals surface area contributed by atoms with Crippen molar-refractivity contribution in [1.82, 2.24) is 0 Å². The van der Waals surface area contributed by atoms with Gasteiger partial charge in [-0.2, -0.15) is 0 Å². The van der Waals surface area contributed by atoms with Gasteiger partial charge in [0.05, 0.1) is 7.11 Å². The summed E-state index contributed by atoms with van der Waals surface area (Å²) in [7, 11) is 1.73. The number of nitrogens with two attached hydrogens (primary N) is 1. The van der Waals surface area contributed by atoms with Gasteiger partial charge in [0.2, 0.25) is 0 Å². The predicted molar refractivity (Wildman–Crippen MR) is 57.8 cm³/mol. The third kappa shape index (κ3) is 1.30. The lowest BCUT2D eigenvalue weighted by atomic mass is 10.0. The maximum absolute atomic E-state index is 5.76. The molecule has 0 fully saturated rings. The van der Waals surface area contributed by atoms with Crippen LogP contribution < -0.4 is 10.5 Å². The first-order valence-electron chi connectivity index (χ1n) is 5.14. The Kier molecular flexibility index (Phi) is 2.46. The molecule has 14 heavy (non-hydrogen) atoms. The smallest absolute Gasteiger partial charge is 0.122 e. The zero-order valence-electron chi connectivity index (χ0n) is 8.79. The van der Waals surface area contributed by atoms with Crippen LogP contribution in [0.2, 0.25) is 0 Å². The number of hydrogen-bond donors (Lipinski definition) is 1. The van der Waals surface area contributed by atoms with Crippen LogP contribution in [-0.2, 0) is 0 Å². The molecule has 0 heterocycles. The topological polar surface area (TPSA) is 35.2 Å². The minimum Gasteiger partial charge on any atom is -0.496 e. The van der Waals surface area contributed by atoms with Crippen molar-refractivity contribution in [2.24, 2.45) is 5.73 Å². The highest BCUT2D eigenvalue weighted by molar-refractivity contribution is 5.48. The van der Waals surface area contributed by atoms with E-state index in [9.17, 15) is 0 Å². The molecule has 0 saturated heterocycles. The quantitative estimate of drug-likeness (QED) is 0.778. The van der Waals surface area contributed by atoms with E-state index < -0.39 is 0 Å². The number of fused-ring (bicyclic) bond motifs is 1. The van der Waals surface area contributed by atoms with Gasteiger partial charge in [-0.05, 0) is 36.4 Å². The first-order valence-corrected chi connectivity index (χ1v) is 5.14. The molecule has 2 nitrogen and oxygen atoms in total. The van der Waals surface area contributed by atoms with Crippen LogP contribution in [0.4, 0.5) is 0 Å². The van der Waals surface area contributed by atoms with Crippen molar-refractivity contribution in [3.05, 3.63) is 29.3 Å². The lowest BCUT2D eigenvalue weighted by Crippen LogP contribution is -2.09. The fraction of sp³-hybridized carbons (Fsp3) is 0.500. The highest BCUT2D eigenvalue weighted by Crippen LogP contribution is 2.45. The van der Waals surface area contributed by atoms with Crippen LogP contribution in [0.1, 0.15) is 36.3 Å². The fourth-order valence-electron chi connectivity index (χ4n) is 2.52. The van der Waals surface area contributed by atoms with Gasteiger partial charge in [-0.15, -0.1) is 0 Å². The molecule has 0 amide bonds. The van der Waals surface area contributed by atoms with E-state index in [1.165, 1.54) is 11.1 Å². The normalized spacial score (nSPS) is 24.8. The molecular formula is C12H17NO. The summed E-state index contributed by atoms with van der Waals surface area (Å²) in [6.45, 7) is 2.99. The minimum absolute atomic E-state index is 0.523. The standard InChI is InChI=1S/C12H17NO/c1-8-6-9(7-13)10-4-3-5-11(14-2)12(8)10/h3-5,8-9H,6-7,13H2,1-2H3. The van der Waals surface area contributed by atoms with Crippen molar-refractivity contribution in [3.8, 4) is 5.75 Å². The van der Waals surface area contributed by atoms with Crippen molar-refractivity contribution in [2.45, 2.75) is 25.2 Å². The molecule has 1 aliphatic rings. The molecule has 0 spiro atoms. The first kappa shape index (κ1) is 9.53. The number of benzene rings is 1. The molecule has 2 heteroatoms. The summed E-state index contributed by atoms with van der Waals surface area (Å²) >= 11 is 0. The summed E-state index contributed by atoms with van der Waals surface area (Å²) in [6.07, 6.45) is 1.16. The van der Waals surface area contributed by atoms with E-state index in [0.29, 0.717) is 11.8 Å². The van der Waals surface area contributed by atoms with Crippen LogP contribution in [0, 0.1) is 0 Å². The van der Waals surface area contributed by atoms with Gasteiger partial charge in [0.1, 0.15) is 5.75 Å². The molecule has 2 unspecified atom stereocenters. The molecule has 1 aliphatic carbocycles. The van der Waals surface area contributed by atoms with Gasteiger partial charge in [0.25, 0.3) is 0 Å². The molecule has 0 saturated carbocycles. The molecule has 1 aromatic carbocycles. The van der Waals surface area contributed by atoms with Gasteiger partial charge in [-0.3, -0.25) is 0 Å². The highest BCUT2D eigenvalue weighted by Gasteiger charge is 2.29. The van der Waals surface area contributed by atoms with Crippen LogP contribution in [0.5, 0.6) is 5.75 Å². The van der Waals surface area contributed by atoms with E-state index in [0.717, 1.165) is 18.7 Å². The van der Waals surface area contributed by atoms with E-state index in [4.69, 9.17) is 10.5 Å². The molecule has 2 N–H and O–H groups in total. The lowest BCUT2D eigenvalue weighted by Gasteiger charge is -2.10. The Bertz CT molecular complexity index is 335. The first-order chi connectivity index (χ1) is 6.77. The molecule has 0 bridgehead atoms. The molecule has 0 aliphatic heterocycles. The zero-order chi connectivity index (χ0) is 10.1. The van der Waals surface area contributed by atoms with Gasteiger partial charge in [-0.1, -0.05) is 19.1 Å². The van der Waals surface area contributed by atoms with E-state index in [1.807, 2.05) is 6.07 Å². The maximum atomic E-state index is 5.76. The second-order valence-corrected chi connectivity index (χ2v) is 4.03. The monoisotopic (exact) mass is 191 g/mol. The molecule has 76 valence electrons. The molecule has 2 rings (SSSR count). The van der Waals surface area contributed by atoms with Crippen LogP contribution in [0.25, 0.3) is 0 Å². The average molecular weight is 191 g/mol. The van der Waals surface area contributed by atoms with Gasteiger partial charge < -0.3 is 10.5 Å². The van der Waals surface area contributed by atoms with Crippen molar-refractivity contribution >= 4 is 0 Å². The van der Waals surface area contributed by atoms with Crippen LogP contribution in [0.3, 0.4) is 0 Å². The average Bonchev–Trinajstić information content (AvgIpc) is 2.55. The predicted octanol–water partition coefficient (Wildman–Crippen LogP) is 2.24. The zero-order valence-corrected chi connectivity index (χ0v) is 8.79. The van der Waals surface area contributed by atoms with E-state index in [-0.39, 0.29) is 0 Å². The second kappa shape index (κ2) is 3.62.